The first-order valence-electron chi connectivity index (χ1n) is 8.26. The maximum atomic E-state index is 2.66. The summed E-state index contributed by atoms with van der Waals surface area (Å²) in [7, 11) is 0. The van der Waals surface area contributed by atoms with E-state index in [0.29, 0.717) is 0 Å². The van der Waals surface area contributed by atoms with Gasteiger partial charge in [0.25, 0.3) is 0 Å². The van der Waals surface area contributed by atoms with E-state index in [4.69, 9.17) is 0 Å². The van der Waals surface area contributed by atoms with Gasteiger partial charge in [0.1, 0.15) is 0 Å². The molecule has 0 N–H and O–H groups in total. The SMILES string of the molecule is CCCN1CCC(CC2CCN(CC)CC2)CC1. The van der Waals surface area contributed by atoms with Gasteiger partial charge in [0, 0.05) is 0 Å². The number of nitrogens with zero attached hydrogens (tertiary/aromatic N) is 2. The number of rotatable bonds is 5. The van der Waals surface area contributed by atoms with Gasteiger partial charge in [-0.2, -0.15) is 0 Å². The summed E-state index contributed by atoms with van der Waals surface area (Å²) in [5.41, 5.74) is 0. The van der Waals surface area contributed by atoms with Crippen molar-refractivity contribution in [2.45, 2.75) is 52.4 Å². The van der Waals surface area contributed by atoms with Gasteiger partial charge < -0.3 is 9.80 Å². The van der Waals surface area contributed by atoms with Crippen LogP contribution in [0.1, 0.15) is 52.4 Å². The summed E-state index contributed by atoms with van der Waals surface area (Å²) in [6.07, 6.45) is 8.70. The average molecular weight is 252 g/mol. The van der Waals surface area contributed by atoms with Crippen molar-refractivity contribution < 1.29 is 0 Å². The van der Waals surface area contributed by atoms with Crippen molar-refractivity contribution in [1.29, 1.82) is 0 Å². The highest BCUT2D eigenvalue weighted by Gasteiger charge is 2.24. The Labute approximate surface area is 114 Å². The number of likely N-dealkylation sites (tertiary alicyclic amines) is 2. The van der Waals surface area contributed by atoms with E-state index in [9.17, 15) is 0 Å². The third-order valence-corrected chi connectivity index (χ3v) is 5.07. The van der Waals surface area contributed by atoms with E-state index in [2.05, 4.69) is 23.6 Å². The largest absolute Gasteiger partial charge is 0.304 e. The van der Waals surface area contributed by atoms with E-state index < -0.39 is 0 Å². The van der Waals surface area contributed by atoms with Crippen molar-refractivity contribution in [3.63, 3.8) is 0 Å². The summed E-state index contributed by atoms with van der Waals surface area (Å²) in [5.74, 6) is 2.08. The molecular weight excluding hydrogens is 220 g/mol. The van der Waals surface area contributed by atoms with E-state index in [-0.39, 0.29) is 0 Å². The molecule has 2 saturated heterocycles. The Balaban J connectivity index is 1.63. The van der Waals surface area contributed by atoms with Gasteiger partial charge >= 0.3 is 0 Å². The molecular formula is C16H32N2. The Morgan fingerprint density at radius 1 is 0.778 bits per heavy atom. The molecule has 0 atom stereocenters. The Bertz CT molecular complexity index is 213. The lowest BCUT2D eigenvalue weighted by Crippen LogP contribution is -2.37. The molecule has 106 valence electrons. The van der Waals surface area contributed by atoms with Gasteiger partial charge in [0.15, 0.2) is 0 Å². The van der Waals surface area contributed by atoms with Crippen molar-refractivity contribution >= 4 is 0 Å². The minimum Gasteiger partial charge on any atom is -0.304 e. The molecule has 2 heterocycles. The van der Waals surface area contributed by atoms with E-state index in [1.165, 1.54) is 77.8 Å². The van der Waals surface area contributed by atoms with Crippen LogP contribution in [0, 0.1) is 11.8 Å². The molecule has 0 spiro atoms. The fraction of sp³-hybridized carbons (Fsp3) is 1.00. The van der Waals surface area contributed by atoms with Crippen molar-refractivity contribution in [2.75, 3.05) is 39.3 Å². The monoisotopic (exact) mass is 252 g/mol. The molecule has 2 heteroatoms. The average Bonchev–Trinajstić information content (AvgIpc) is 2.42. The topological polar surface area (TPSA) is 6.48 Å². The zero-order valence-corrected chi connectivity index (χ0v) is 12.5. The fourth-order valence-electron chi connectivity index (χ4n) is 3.77. The third kappa shape index (κ3) is 4.24. The van der Waals surface area contributed by atoms with Gasteiger partial charge in [-0.05, 0) is 89.6 Å². The van der Waals surface area contributed by atoms with Crippen molar-refractivity contribution in [2.24, 2.45) is 11.8 Å². The lowest BCUT2D eigenvalue weighted by Gasteiger charge is -2.36. The maximum Gasteiger partial charge on any atom is -0.00161 e. The summed E-state index contributed by atoms with van der Waals surface area (Å²) < 4.78 is 0. The van der Waals surface area contributed by atoms with Crippen LogP contribution in [-0.4, -0.2) is 49.1 Å². The molecule has 2 rings (SSSR count). The van der Waals surface area contributed by atoms with Crippen LogP contribution in [0.25, 0.3) is 0 Å². The first-order chi connectivity index (χ1) is 8.81. The summed E-state index contributed by atoms with van der Waals surface area (Å²) in [6, 6.07) is 0. The van der Waals surface area contributed by atoms with Gasteiger partial charge in [0.2, 0.25) is 0 Å². The van der Waals surface area contributed by atoms with Gasteiger partial charge in [0.05, 0.1) is 0 Å². The van der Waals surface area contributed by atoms with Crippen LogP contribution in [-0.2, 0) is 0 Å². The molecule has 0 radical (unpaired) electrons. The molecule has 2 aliphatic rings. The van der Waals surface area contributed by atoms with E-state index >= 15 is 0 Å². The van der Waals surface area contributed by atoms with Crippen molar-refractivity contribution in [3.8, 4) is 0 Å². The lowest BCUT2D eigenvalue weighted by molar-refractivity contribution is 0.135. The molecule has 0 saturated carbocycles. The molecule has 0 aromatic rings. The normalized spacial score (nSPS) is 25.7. The number of piperidine rings is 2. The highest BCUT2D eigenvalue weighted by atomic mass is 15.1. The summed E-state index contributed by atoms with van der Waals surface area (Å²) >= 11 is 0. The lowest BCUT2D eigenvalue weighted by atomic mass is 9.83. The molecule has 18 heavy (non-hydrogen) atoms. The fourth-order valence-corrected chi connectivity index (χ4v) is 3.77. The maximum absolute atomic E-state index is 2.66. The molecule has 2 aliphatic heterocycles. The van der Waals surface area contributed by atoms with Crippen LogP contribution in [0.4, 0.5) is 0 Å². The van der Waals surface area contributed by atoms with E-state index in [1.807, 2.05) is 0 Å². The summed E-state index contributed by atoms with van der Waals surface area (Å²) in [5, 5.41) is 0. The van der Waals surface area contributed by atoms with Gasteiger partial charge in [-0.25, -0.2) is 0 Å². The molecule has 0 aromatic heterocycles. The summed E-state index contributed by atoms with van der Waals surface area (Å²) in [6.45, 7) is 12.6. The zero-order chi connectivity index (χ0) is 12.8. The molecule has 2 nitrogen and oxygen atoms in total. The second-order valence-electron chi connectivity index (χ2n) is 6.40. The van der Waals surface area contributed by atoms with E-state index in [1.54, 1.807) is 0 Å². The Hall–Kier alpha value is -0.0800. The molecule has 2 fully saturated rings. The third-order valence-electron chi connectivity index (χ3n) is 5.07. The first kappa shape index (κ1) is 14.3. The number of hydrogen-bond acceptors (Lipinski definition) is 2. The molecule has 0 unspecified atom stereocenters. The summed E-state index contributed by atoms with van der Waals surface area (Å²) in [4.78, 5) is 5.27. The predicted octanol–water partition coefficient (Wildman–Crippen LogP) is 3.23. The van der Waals surface area contributed by atoms with Crippen molar-refractivity contribution in [1.82, 2.24) is 9.80 Å². The van der Waals surface area contributed by atoms with Crippen LogP contribution in [0.15, 0.2) is 0 Å². The Morgan fingerprint density at radius 3 is 1.72 bits per heavy atom. The van der Waals surface area contributed by atoms with Gasteiger partial charge in [-0.15, -0.1) is 0 Å². The molecule has 0 amide bonds. The smallest absolute Gasteiger partial charge is 0.00161 e. The quantitative estimate of drug-likeness (QED) is 0.741. The number of hydrogen-bond donors (Lipinski definition) is 0. The van der Waals surface area contributed by atoms with Crippen LogP contribution in [0.2, 0.25) is 0 Å². The van der Waals surface area contributed by atoms with Crippen LogP contribution < -0.4 is 0 Å². The second-order valence-corrected chi connectivity index (χ2v) is 6.40. The molecule has 0 bridgehead atoms. The highest BCUT2D eigenvalue weighted by molar-refractivity contribution is 4.78. The minimum atomic E-state index is 1.04. The van der Waals surface area contributed by atoms with Gasteiger partial charge in [-0.3, -0.25) is 0 Å². The van der Waals surface area contributed by atoms with Crippen LogP contribution in [0.5, 0.6) is 0 Å². The second kappa shape index (κ2) is 7.49. The molecule has 0 aromatic carbocycles. The first-order valence-corrected chi connectivity index (χ1v) is 8.26. The zero-order valence-electron chi connectivity index (χ0n) is 12.5. The predicted molar refractivity (Wildman–Crippen MR) is 78.9 cm³/mol. The molecule has 0 aliphatic carbocycles. The minimum absolute atomic E-state index is 1.04. The van der Waals surface area contributed by atoms with Gasteiger partial charge in [-0.1, -0.05) is 13.8 Å². The van der Waals surface area contributed by atoms with Crippen molar-refractivity contribution in [3.05, 3.63) is 0 Å². The van der Waals surface area contributed by atoms with Crippen LogP contribution in [0.3, 0.4) is 0 Å². The standard InChI is InChI=1S/C16H32N2/c1-3-9-18-12-7-16(8-13-18)14-15-5-10-17(4-2)11-6-15/h15-16H,3-14H2,1-2H3. The Kier molecular flexibility index (Phi) is 5.97. The Morgan fingerprint density at radius 2 is 1.28 bits per heavy atom. The van der Waals surface area contributed by atoms with E-state index in [0.717, 1.165) is 11.8 Å². The highest BCUT2D eigenvalue weighted by Crippen LogP contribution is 2.29. The van der Waals surface area contributed by atoms with Crippen LogP contribution >= 0.6 is 0 Å².